The number of aliphatic hydroxyl groups excluding tert-OH is 1. The third-order valence-electron chi connectivity index (χ3n) is 6.13. The molecule has 186 valence electrons. The number of carbonyl (C=O) groups is 2. The van der Waals surface area contributed by atoms with E-state index in [4.69, 9.17) is 4.74 Å². The molecule has 1 saturated heterocycles. The second kappa shape index (κ2) is 10.2. The van der Waals surface area contributed by atoms with Gasteiger partial charge >= 0.3 is 0 Å². The maximum absolute atomic E-state index is 13.8. The van der Waals surface area contributed by atoms with Gasteiger partial charge in [0.25, 0.3) is 11.7 Å². The van der Waals surface area contributed by atoms with Crippen molar-refractivity contribution in [3.8, 4) is 11.5 Å². The van der Waals surface area contributed by atoms with Crippen molar-refractivity contribution in [3.05, 3.63) is 100 Å². The number of aryl methyl sites for hydroxylation is 1. The fourth-order valence-electron chi connectivity index (χ4n) is 4.28. The summed E-state index contributed by atoms with van der Waals surface area (Å²) in [5.74, 6) is -2.94. The highest BCUT2D eigenvalue weighted by molar-refractivity contribution is 6.46. The van der Waals surface area contributed by atoms with E-state index >= 15 is 0 Å². The molecule has 3 aromatic rings. The van der Waals surface area contributed by atoms with E-state index in [2.05, 4.69) is 0 Å². The van der Waals surface area contributed by atoms with E-state index in [1.807, 2.05) is 0 Å². The molecule has 0 bridgehead atoms. The molecule has 1 aliphatic heterocycles. The Kier molecular flexibility index (Phi) is 7.05. The first-order valence-electron chi connectivity index (χ1n) is 11.5. The molecule has 0 radical (unpaired) electrons. The average Bonchev–Trinajstić information content (AvgIpc) is 3.11. The zero-order valence-corrected chi connectivity index (χ0v) is 19.8. The summed E-state index contributed by atoms with van der Waals surface area (Å²) < 4.78 is 32.6. The Balaban J connectivity index is 1.82. The summed E-state index contributed by atoms with van der Waals surface area (Å²) in [4.78, 5) is 27.7. The van der Waals surface area contributed by atoms with Crippen LogP contribution in [-0.2, 0) is 16.0 Å². The van der Waals surface area contributed by atoms with Crippen LogP contribution in [0.3, 0.4) is 0 Å². The molecule has 36 heavy (non-hydrogen) atoms. The summed E-state index contributed by atoms with van der Waals surface area (Å²) >= 11 is 0. The van der Waals surface area contributed by atoms with E-state index in [-0.39, 0.29) is 47.2 Å². The van der Waals surface area contributed by atoms with E-state index in [0.717, 1.165) is 5.56 Å². The maximum atomic E-state index is 13.8. The molecule has 0 aromatic heterocycles. The van der Waals surface area contributed by atoms with Gasteiger partial charge in [-0.25, -0.2) is 8.78 Å². The number of ether oxygens (including phenoxy) is 1. The average molecular weight is 494 g/mol. The highest BCUT2D eigenvalue weighted by Crippen LogP contribution is 2.42. The number of hydrogen-bond donors (Lipinski definition) is 2. The minimum absolute atomic E-state index is 0.102. The maximum Gasteiger partial charge on any atom is 0.295 e. The molecule has 0 spiro atoms. The number of aromatic hydroxyl groups is 1. The highest BCUT2D eigenvalue weighted by atomic mass is 19.1. The Morgan fingerprint density at radius 2 is 1.75 bits per heavy atom. The molecular weight excluding hydrogens is 468 g/mol. The van der Waals surface area contributed by atoms with Crippen LogP contribution in [0.15, 0.2) is 66.2 Å². The minimum Gasteiger partial charge on any atom is -0.507 e. The number of benzene rings is 3. The number of rotatable bonds is 7. The van der Waals surface area contributed by atoms with Gasteiger partial charge in [0.15, 0.2) is 11.5 Å². The monoisotopic (exact) mass is 493 g/mol. The fraction of sp³-hybridized carbons (Fsp3) is 0.214. The van der Waals surface area contributed by atoms with Crippen molar-refractivity contribution in [1.29, 1.82) is 0 Å². The predicted molar refractivity (Wildman–Crippen MR) is 130 cm³/mol. The van der Waals surface area contributed by atoms with Gasteiger partial charge in [-0.1, -0.05) is 18.2 Å². The predicted octanol–water partition coefficient (Wildman–Crippen LogP) is 5.04. The first-order chi connectivity index (χ1) is 17.2. The Bertz CT molecular complexity index is 1350. The lowest BCUT2D eigenvalue weighted by Gasteiger charge is -2.26. The van der Waals surface area contributed by atoms with Crippen LogP contribution < -0.4 is 4.74 Å². The smallest absolute Gasteiger partial charge is 0.295 e. The summed E-state index contributed by atoms with van der Waals surface area (Å²) in [6.45, 7) is 3.65. The Labute approximate surface area is 207 Å². The summed E-state index contributed by atoms with van der Waals surface area (Å²) in [6, 6.07) is 13.2. The SMILES string of the molecule is CCOc1cc(C2/C(=C(/O)c3ccc(F)c(C)c3)C(=O)C(=O)N2CCc2ccc(F)cc2)ccc1O. The van der Waals surface area contributed by atoms with Crippen LogP contribution in [0.2, 0.25) is 0 Å². The topological polar surface area (TPSA) is 87.1 Å². The van der Waals surface area contributed by atoms with Crippen molar-refractivity contribution < 1.29 is 33.3 Å². The molecule has 8 heteroatoms. The third-order valence-corrected chi connectivity index (χ3v) is 6.13. The molecule has 1 fully saturated rings. The van der Waals surface area contributed by atoms with Crippen LogP contribution >= 0.6 is 0 Å². The third kappa shape index (κ3) is 4.79. The number of likely N-dealkylation sites (tertiary alicyclic amines) is 1. The minimum atomic E-state index is -0.990. The van der Waals surface area contributed by atoms with E-state index in [9.17, 15) is 28.6 Å². The van der Waals surface area contributed by atoms with Gasteiger partial charge in [-0.15, -0.1) is 0 Å². The number of phenols is 1. The number of ketones is 1. The van der Waals surface area contributed by atoms with Gasteiger partial charge in [0.2, 0.25) is 0 Å². The van der Waals surface area contributed by atoms with Gasteiger partial charge in [-0.05, 0) is 79.4 Å². The zero-order chi connectivity index (χ0) is 26.0. The standard InChI is InChI=1S/C28H25F2NO5/c1-3-36-23-15-18(7-11-22(23)32)25-24(26(33)19-6-10-21(30)16(2)14-19)27(34)28(35)31(25)13-12-17-4-8-20(29)9-5-17/h4-11,14-15,25,32-33H,3,12-13H2,1-2H3/b26-24-. The molecule has 4 rings (SSSR count). The molecule has 0 aliphatic carbocycles. The van der Waals surface area contributed by atoms with Crippen molar-refractivity contribution in [2.24, 2.45) is 0 Å². The summed E-state index contributed by atoms with van der Waals surface area (Å²) in [7, 11) is 0. The fourth-order valence-corrected chi connectivity index (χ4v) is 4.28. The van der Waals surface area contributed by atoms with E-state index in [1.165, 1.54) is 54.3 Å². The Morgan fingerprint density at radius 3 is 2.42 bits per heavy atom. The van der Waals surface area contributed by atoms with Crippen molar-refractivity contribution in [1.82, 2.24) is 4.90 Å². The van der Waals surface area contributed by atoms with Gasteiger partial charge < -0.3 is 19.8 Å². The number of halogens is 2. The number of phenolic OH excluding ortho intramolecular Hbond substituents is 1. The highest BCUT2D eigenvalue weighted by Gasteiger charge is 2.46. The lowest BCUT2D eigenvalue weighted by atomic mass is 9.94. The number of hydrogen-bond acceptors (Lipinski definition) is 5. The molecular formula is C28H25F2NO5. The van der Waals surface area contributed by atoms with Crippen molar-refractivity contribution in [2.45, 2.75) is 26.3 Å². The Morgan fingerprint density at radius 1 is 1.03 bits per heavy atom. The molecule has 1 aliphatic rings. The number of nitrogens with zero attached hydrogens (tertiary/aromatic N) is 1. The second-order valence-corrected chi connectivity index (χ2v) is 8.49. The first kappa shape index (κ1) is 24.9. The largest absolute Gasteiger partial charge is 0.507 e. The van der Waals surface area contributed by atoms with Crippen LogP contribution in [0.25, 0.3) is 5.76 Å². The van der Waals surface area contributed by atoms with Gasteiger partial charge in [-0.3, -0.25) is 9.59 Å². The van der Waals surface area contributed by atoms with Crippen molar-refractivity contribution in [2.75, 3.05) is 13.2 Å². The molecule has 1 heterocycles. The summed E-state index contributed by atoms with van der Waals surface area (Å²) in [5, 5.41) is 21.3. The lowest BCUT2D eigenvalue weighted by molar-refractivity contribution is -0.139. The van der Waals surface area contributed by atoms with Gasteiger partial charge in [-0.2, -0.15) is 0 Å². The molecule has 0 saturated carbocycles. The lowest BCUT2D eigenvalue weighted by Crippen LogP contribution is -2.31. The number of aliphatic hydroxyl groups is 1. The molecule has 1 amide bonds. The molecule has 3 aromatic carbocycles. The normalized spacial score (nSPS) is 17.0. The van der Waals surface area contributed by atoms with Crippen LogP contribution in [0.1, 0.15) is 35.2 Å². The second-order valence-electron chi connectivity index (χ2n) is 8.49. The van der Waals surface area contributed by atoms with E-state index in [0.29, 0.717) is 12.0 Å². The van der Waals surface area contributed by atoms with Crippen LogP contribution in [0, 0.1) is 18.6 Å². The van der Waals surface area contributed by atoms with Crippen molar-refractivity contribution >= 4 is 17.4 Å². The van der Waals surface area contributed by atoms with Crippen molar-refractivity contribution in [3.63, 3.8) is 0 Å². The quantitative estimate of drug-likeness (QED) is 0.274. The van der Waals surface area contributed by atoms with Gasteiger partial charge in [0, 0.05) is 12.1 Å². The number of amides is 1. The molecule has 6 nitrogen and oxygen atoms in total. The molecule has 1 unspecified atom stereocenters. The van der Waals surface area contributed by atoms with Crippen LogP contribution in [-0.4, -0.2) is 40.0 Å². The van der Waals surface area contributed by atoms with Gasteiger partial charge in [0.05, 0.1) is 18.2 Å². The Hall–Kier alpha value is -4.20. The van der Waals surface area contributed by atoms with Crippen LogP contribution in [0.5, 0.6) is 11.5 Å². The van der Waals surface area contributed by atoms with Crippen LogP contribution in [0.4, 0.5) is 8.78 Å². The zero-order valence-electron chi connectivity index (χ0n) is 19.8. The van der Waals surface area contributed by atoms with Gasteiger partial charge in [0.1, 0.15) is 17.4 Å². The number of Topliss-reactive ketones (excluding diaryl/α,β-unsaturated/α-hetero) is 1. The summed E-state index contributed by atoms with van der Waals surface area (Å²) in [5.41, 5.74) is 1.50. The van der Waals surface area contributed by atoms with E-state index in [1.54, 1.807) is 25.1 Å². The first-order valence-corrected chi connectivity index (χ1v) is 11.5. The number of carbonyl (C=O) groups excluding carboxylic acids is 2. The molecule has 1 atom stereocenters. The molecule has 2 N–H and O–H groups in total. The van der Waals surface area contributed by atoms with E-state index < -0.39 is 29.3 Å². The summed E-state index contributed by atoms with van der Waals surface area (Å²) in [6.07, 6.45) is 0.329.